The summed E-state index contributed by atoms with van der Waals surface area (Å²) >= 11 is 0. The van der Waals surface area contributed by atoms with Gasteiger partial charge in [-0.2, -0.15) is 0 Å². The van der Waals surface area contributed by atoms with Gasteiger partial charge < -0.3 is 4.85 Å². The minimum absolute atomic E-state index is 0.152. The summed E-state index contributed by atoms with van der Waals surface area (Å²) in [7, 11) is 0. The van der Waals surface area contributed by atoms with Crippen LogP contribution in [0.1, 0.15) is 11.1 Å². The van der Waals surface area contributed by atoms with Crippen molar-refractivity contribution in [1.29, 1.82) is 0 Å². The van der Waals surface area contributed by atoms with E-state index in [1.54, 1.807) is 0 Å². The third-order valence-electron chi connectivity index (χ3n) is 2.37. The summed E-state index contributed by atoms with van der Waals surface area (Å²) in [5.74, 6) is 0. The maximum atomic E-state index is 10.7. The summed E-state index contributed by atoms with van der Waals surface area (Å²) in [5, 5.41) is 21.4. The lowest BCUT2D eigenvalue weighted by Gasteiger charge is -2.03. The van der Waals surface area contributed by atoms with Crippen LogP contribution in [0.4, 0.5) is 11.4 Å². The lowest BCUT2D eigenvalue weighted by molar-refractivity contribution is -0.394. The van der Waals surface area contributed by atoms with Gasteiger partial charge in [-0.3, -0.25) is 20.2 Å². The van der Waals surface area contributed by atoms with Gasteiger partial charge >= 0.3 is 0 Å². The Labute approximate surface area is 96.8 Å². The van der Waals surface area contributed by atoms with Crippen molar-refractivity contribution in [3.05, 3.63) is 54.9 Å². The molecule has 0 aliphatic carbocycles. The van der Waals surface area contributed by atoms with E-state index in [0.29, 0.717) is 11.1 Å². The van der Waals surface area contributed by atoms with Crippen LogP contribution in [-0.2, 0) is 6.42 Å². The number of hydrogen-bond acceptors (Lipinski definition) is 4. The first-order valence-electron chi connectivity index (χ1n) is 4.73. The highest BCUT2D eigenvalue weighted by Gasteiger charge is 2.21. The molecule has 0 N–H and O–H groups in total. The topological polar surface area (TPSA) is 90.6 Å². The molecule has 17 heavy (non-hydrogen) atoms. The average Bonchev–Trinajstić information content (AvgIpc) is 2.26. The second kappa shape index (κ2) is 5.03. The zero-order chi connectivity index (χ0) is 13.0. The molecule has 0 heterocycles. The predicted molar refractivity (Wildman–Crippen MR) is 59.7 cm³/mol. The molecule has 0 atom stereocenters. The Balaban J connectivity index is 3.33. The van der Waals surface area contributed by atoms with E-state index in [2.05, 4.69) is 4.85 Å². The molecule has 1 aromatic rings. The highest BCUT2D eigenvalue weighted by Crippen LogP contribution is 2.28. The third-order valence-corrected chi connectivity index (χ3v) is 2.37. The molecule has 0 aliphatic rings. The maximum absolute atomic E-state index is 10.7. The molecule has 0 fully saturated rings. The van der Waals surface area contributed by atoms with E-state index in [9.17, 15) is 20.2 Å². The molecule has 0 aromatic heterocycles. The van der Waals surface area contributed by atoms with E-state index < -0.39 is 9.85 Å². The largest absolute Gasteiger partial charge is 0.317 e. The van der Waals surface area contributed by atoms with Crippen LogP contribution in [0.3, 0.4) is 0 Å². The van der Waals surface area contributed by atoms with Crippen LogP contribution >= 0.6 is 0 Å². The molecule has 0 unspecified atom stereocenters. The van der Waals surface area contributed by atoms with Crippen LogP contribution in [0.2, 0.25) is 0 Å². The number of nitrogens with zero attached hydrogens (tertiary/aromatic N) is 3. The molecule has 0 saturated heterocycles. The number of nitro benzene ring substituents is 2. The molecule has 0 bridgehead atoms. The monoisotopic (exact) mass is 235 g/mol. The minimum Gasteiger partial charge on any atom is -0.317 e. The fraction of sp³-hybridized carbons (Fsp3) is 0.300. The lowest BCUT2D eigenvalue weighted by atomic mass is 10.0. The minimum atomic E-state index is -0.673. The maximum Gasteiger partial charge on any atom is 0.279 e. The average molecular weight is 235 g/mol. The fourth-order valence-corrected chi connectivity index (χ4v) is 1.47. The second-order valence-electron chi connectivity index (χ2n) is 3.39. The van der Waals surface area contributed by atoms with Gasteiger partial charge in [-0.15, -0.1) is 0 Å². The molecule has 0 aliphatic heterocycles. The smallest absolute Gasteiger partial charge is 0.279 e. The van der Waals surface area contributed by atoms with Gasteiger partial charge in [0.05, 0.1) is 15.9 Å². The molecule has 0 radical (unpaired) electrons. The molecular formula is C10H9N3O4. The Morgan fingerprint density at radius 3 is 2.41 bits per heavy atom. The Morgan fingerprint density at radius 1 is 1.29 bits per heavy atom. The van der Waals surface area contributed by atoms with Crippen molar-refractivity contribution in [2.45, 2.75) is 13.3 Å². The number of hydrogen-bond donors (Lipinski definition) is 0. The predicted octanol–water partition coefficient (Wildman–Crippen LogP) is 2.27. The molecule has 0 spiro atoms. The van der Waals surface area contributed by atoms with Gasteiger partial charge in [-0.25, -0.2) is 6.57 Å². The van der Waals surface area contributed by atoms with Crippen LogP contribution < -0.4 is 0 Å². The van der Waals surface area contributed by atoms with Crippen LogP contribution in [0.25, 0.3) is 4.85 Å². The van der Waals surface area contributed by atoms with Gasteiger partial charge in [0.15, 0.2) is 0 Å². The Hall–Kier alpha value is -2.49. The molecule has 88 valence electrons. The van der Waals surface area contributed by atoms with Crippen molar-refractivity contribution in [2.24, 2.45) is 0 Å². The van der Waals surface area contributed by atoms with Gasteiger partial charge in [0.1, 0.15) is 0 Å². The van der Waals surface area contributed by atoms with E-state index >= 15 is 0 Å². The zero-order valence-corrected chi connectivity index (χ0v) is 9.04. The first kappa shape index (κ1) is 12.6. The molecule has 7 heteroatoms. The molecule has 7 nitrogen and oxygen atoms in total. The Kier molecular flexibility index (Phi) is 3.72. The van der Waals surface area contributed by atoms with Gasteiger partial charge in [-0.05, 0) is 12.5 Å². The van der Waals surface area contributed by atoms with Crippen molar-refractivity contribution in [3.63, 3.8) is 0 Å². The first-order chi connectivity index (χ1) is 7.97. The van der Waals surface area contributed by atoms with E-state index in [4.69, 9.17) is 6.57 Å². The number of rotatable bonds is 4. The summed E-state index contributed by atoms with van der Waals surface area (Å²) in [4.78, 5) is 23.2. The van der Waals surface area contributed by atoms with Gasteiger partial charge in [0.2, 0.25) is 6.54 Å². The van der Waals surface area contributed by atoms with Crippen molar-refractivity contribution < 1.29 is 9.85 Å². The van der Waals surface area contributed by atoms with Gasteiger partial charge in [0, 0.05) is 18.1 Å². The van der Waals surface area contributed by atoms with E-state index in [-0.39, 0.29) is 24.3 Å². The number of nitro groups is 2. The highest BCUT2D eigenvalue weighted by atomic mass is 16.6. The quantitative estimate of drug-likeness (QED) is 0.454. The van der Waals surface area contributed by atoms with Crippen molar-refractivity contribution in [1.82, 2.24) is 0 Å². The van der Waals surface area contributed by atoms with Gasteiger partial charge in [-0.1, -0.05) is 0 Å². The zero-order valence-electron chi connectivity index (χ0n) is 9.04. The summed E-state index contributed by atoms with van der Waals surface area (Å²) in [6.45, 7) is 8.34. The molecular weight excluding hydrogens is 226 g/mol. The number of non-ortho nitro benzene ring substituents is 1. The lowest BCUT2D eigenvalue weighted by Crippen LogP contribution is -2.01. The second-order valence-corrected chi connectivity index (χ2v) is 3.39. The summed E-state index contributed by atoms with van der Waals surface area (Å²) in [6, 6.07) is 2.23. The van der Waals surface area contributed by atoms with Crippen molar-refractivity contribution >= 4 is 11.4 Å². The van der Waals surface area contributed by atoms with E-state index in [1.807, 2.05) is 0 Å². The normalized spacial score (nSPS) is 9.65. The van der Waals surface area contributed by atoms with Crippen LogP contribution in [-0.4, -0.2) is 16.4 Å². The van der Waals surface area contributed by atoms with Crippen LogP contribution in [0.5, 0.6) is 0 Å². The van der Waals surface area contributed by atoms with Crippen LogP contribution in [0.15, 0.2) is 12.1 Å². The molecule has 0 amide bonds. The molecule has 1 rings (SSSR count). The standard InChI is InChI=1S/C10H9N3O4/c1-7-8(3-4-11-2)5-9(12(14)15)6-10(7)13(16)17/h5-6H,3-4H2,1H3. The fourth-order valence-electron chi connectivity index (χ4n) is 1.47. The summed E-state index contributed by atoms with van der Waals surface area (Å²) in [6.07, 6.45) is 0.276. The first-order valence-corrected chi connectivity index (χ1v) is 4.73. The Morgan fingerprint density at radius 2 is 1.94 bits per heavy atom. The summed E-state index contributed by atoms with van der Waals surface area (Å²) in [5.41, 5.74) is 0.257. The third kappa shape index (κ3) is 2.75. The summed E-state index contributed by atoms with van der Waals surface area (Å²) < 4.78 is 0. The van der Waals surface area contributed by atoms with Crippen molar-refractivity contribution in [3.8, 4) is 0 Å². The molecule has 0 saturated carbocycles. The van der Waals surface area contributed by atoms with Crippen molar-refractivity contribution in [2.75, 3.05) is 6.54 Å². The Bertz CT molecular complexity index is 519. The van der Waals surface area contributed by atoms with E-state index in [1.165, 1.54) is 13.0 Å². The van der Waals surface area contributed by atoms with Crippen LogP contribution in [0, 0.1) is 33.7 Å². The van der Waals surface area contributed by atoms with E-state index in [0.717, 1.165) is 6.07 Å². The highest BCUT2D eigenvalue weighted by molar-refractivity contribution is 5.53. The van der Waals surface area contributed by atoms with Gasteiger partial charge in [0.25, 0.3) is 11.4 Å². The molecule has 1 aromatic carbocycles. The number of benzene rings is 1. The SMILES string of the molecule is [C-]#[N+]CCc1cc([N+](=O)[O-])cc([N+](=O)[O-])c1C.